The number of carbonyl (C=O) groups excluding carboxylic acids is 6. The Balaban J connectivity index is 1.25. The van der Waals surface area contributed by atoms with Crippen molar-refractivity contribution in [2.45, 2.75) is 52.6 Å². The van der Waals surface area contributed by atoms with Crippen LogP contribution in [0, 0.1) is 13.8 Å². The number of alkyl halides is 2. The van der Waals surface area contributed by atoms with Crippen molar-refractivity contribution in [3.05, 3.63) is 140 Å². The molecule has 330 valence electrons. The number of anilines is 4. The van der Waals surface area contributed by atoms with Crippen molar-refractivity contribution < 1.29 is 28.8 Å². The number of carbonyl (C=O) groups is 6. The third-order valence-corrected chi connectivity index (χ3v) is 10.1. The van der Waals surface area contributed by atoms with E-state index in [4.69, 9.17) is 46.4 Å². The van der Waals surface area contributed by atoms with Gasteiger partial charge in [0.25, 0.3) is 23.6 Å². The summed E-state index contributed by atoms with van der Waals surface area (Å²) in [6.07, 6.45) is 1.26. The molecule has 0 saturated carbocycles. The van der Waals surface area contributed by atoms with Crippen molar-refractivity contribution in [1.29, 1.82) is 0 Å². The molecule has 64 heavy (non-hydrogen) atoms. The van der Waals surface area contributed by atoms with Gasteiger partial charge in [0.1, 0.15) is 0 Å². The van der Waals surface area contributed by atoms with Crippen LogP contribution in [0.1, 0.15) is 56.8 Å². The average Bonchev–Trinajstić information content (AvgIpc) is 3.22. The second-order valence-electron chi connectivity index (χ2n) is 14.5. The number of azo groups is 2. The highest BCUT2D eigenvalue weighted by Crippen LogP contribution is 2.28. The molecule has 0 spiro atoms. The molecule has 0 fully saturated rings. The van der Waals surface area contributed by atoms with E-state index in [1.807, 2.05) is 24.3 Å². The number of rotatable bonds is 18. The zero-order valence-corrected chi connectivity index (χ0v) is 38.0. The molecular weight excluding hydrogens is 902 g/mol. The van der Waals surface area contributed by atoms with Crippen LogP contribution < -0.4 is 21.3 Å². The number of amides is 4. The van der Waals surface area contributed by atoms with Crippen molar-refractivity contribution in [3.63, 3.8) is 0 Å². The Morgan fingerprint density at radius 2 is 0.953 bits per heavy atom. The number of hydrogen-bond donors (Lipinski definition) is 4. The maximum atomic E-state index is 13.5. The Labute approximate surface area is 389 Å². The van der Waals surface area contributed by atoms with Crippen molar-refractivity contribution in [2.75, 3.05) is 33.0 Å². The summed E-state index contributed by atoms with van der Waals surface area (Å²) in [4.78, 5) is 78.3. The summed E-state index contributed by atoms with van der Waals surface area (Å²) < 4.78 is 0. The maximum Gasteiger partial charge on any atom is 0.258 e. The minimum absolute atomic E-state index is 0.128. The molecule has 5 aromatic rings. The third kappa shape index (κ3) is 13.8. The first kappa shape index (κ1) is 48.7. The van der Waals surface area contributed by atoms with Crippen LogP contribution in [0.15, 0.2) is 118 Å². The first-order valence-electron chi connectivity index (χ1n) is 19.6. The molecule has 0 saturated heterocycles. The van der Waals surface area contributed by atoms with E-state index in [0.29, 0.717) is 52.8 Å². The van der Waals surface area contributed by atoms with Crippen LogP contribution in [0.25, 0.3) is 0 Å². The number of Topliss-reactive ketones (excluding diaryl/α,β-unsaturated/α-hetero) is 2. The summed E-state index contributed by atoms with van der Waals surface area (Å²) in [5, 5.41) is 27.5. The lowest BCUT2D eigenvalue weighted by Gasteiger charge is -2.17. The molecule has 0 bridgehead atoms. The van der Waals surface area contributed by atoms with E-state index < -0.39 is 47.3 Å². The number of halogens is 4. The summed E-state index contributed by atoms with van der Waals surface area (Å²) >= 11 is 24.3. The van der Waals surface area contributed by atoms with Gasteiger partial charge in [0.2, 0.25) is 12.1 Å². The fourth-order valence-electron chi connectivity index (χ4n) is 6.28. The highest BCUT2D eigenvalue weighted by molar-refractivity contribution is 6.31. The summed E-state index contributed by atoms with van der Waals surface area (Å²) in [6, 6.07) is 23.0. The molecule has 2 unspecified atom stereocenters. The van der Waals surface area contributed by atoms with Crippen LogP contribution in [0.2, 0.25) is 10.0 Å². The number of ketones is 2. The zero-order valence-electron chi connectivity index (χ0n) is 35.0. The van der Waals surface area contributed by atoms with E-state index in [1.165, 1.54) is 50.2 Å². The molecule has 0 aromatic heterocycles. The quantitative estimate of drug-likeness (QED) is 0.0382. The van der Waals surface area contributed by atoms with E-state index >= 15 is 0 Å². The zero-order chi connectivity index (χ0) is 46.5. The van der Waals surface area contributed by atoms with Gasteiger partial charge in [-0.3, -0.25) is 28.8 Å². The summed E-state index contributed by atoms with van der Waals surface area (Å²) in [6.45, 7) is 5.71. The first-order chi connectivity index (χ1) is 30.5. The van der Waals surface area contributed by atoms with Crippen LogP contribution in [-0.2, 0) is 32.0 Å². The second-order valence-corrected chi connectivity index (χ2v) is 16.1. The van der Waals surface area contributed by atoms with E-state index in [9.17, 15) is 28.8 Å². The van der Waals surface area contributed by atoms with Crippen LogP contribution in [0.4, 0.5) is 34.1 Å². The van der Waals surface area contributed by atoms with Gasteiger partial charge in [-0.25, -0.2) is 0 Å². The highest BCUT2D eigenvalue weighted by atomic mass is 35.5. The van der Waals surface area contributed by atoms with Crippen molar-refractivity contribution >= 4 is 116 Å². The van der Waals surface area contributed by atoms with E-state index in [1.54, 1.807) is 50.2 Å². The number of hydrogen-bond acceptors (Lipinski definition) is 10. The molecule has 5 rings (SSSR count). The van der Waals surface area contributed by atoms with E-state index in [0.717, 1.165) is 11.1 Å². The molecule has 0 heterocycles. The summed E-state index contributed by atoms with van der Waals surface area (Å²) in [7, 11) is 0. The van der Waals surface area contributed by atoms with Crippen LogP contribution in [0.5, 0.6) is 0 Å². The van der Waals surface area contributed by atoms with Gasteiger partial charge in [-0.2, -0.15) is 20.5 Å². The normalized spacial score (nSPS) is 12.1. The minimum Gasteiger partial charge on any atom is -0.324 e. The largest absolute Gasteiger partial charge is 0.324 e. The topological polar surface area (TPSA) is 200 Å². The highest BCUT2D eigenvalue weighted by Gasteiger charge is 2.26. The number of nitrogens with zero attached hydrogens (tertiary/aromatic N) is 4. The van der Waals surface area contributed by atoms with Crippen LogP contribution >= 0.6 is 46.4 Å². The van der Waals surface area contributed by atoms with Crippen molar-refractivity contribution in [1.82, 2.24) is 0 Å². The Morgan fingerprint density at radius 1 is 0.531 bits per heavy atom. The Morgan fingerprint density at radius 3 is 1.36 bits per heavy atom. The molecule has 4 N–H and O–H groups in total. The lowest BCUT2D eigenvalue weighted by Crippen LogP contribution is -2.33. The van der Waals surface area contributed by atoms with Crippen molar-refractivity contribution in [3.8, 4) is 0 Å². The van der Waals surface area contributed by atoms with Gasteiger partial charge < -0.3 is 21.3 Å². The van der Waals surface area contributed by atoms with Gasteiger partial charge in [0.05, 0.1) is 11.4 Å². The molecular formula is C46H42Cl4N8O6. The molecule has 0 aliphatic rings. The fraction of sp³-hybridized carbons (Fsp3) is 0.217. The maximum absolute atomic E-state index is 13.5. The molecule has 2 atom stereocenters. The summed E-state index contributed by atoms with van der Waals surface area (Å²) in [5.74, 6) is -2.87. The molecule has 14 nitrogen and oxygen atoms in total. The van der Waals surface area contributed by atoms with Crippen LogP contribution in [0.3, 0.4) is 0 Å². The predicted octanol–water partition coefficient (Wildman–Crippen LogP) is 11.0. The van der Waals surface area contributed by atoms with Crippen molar-refractivity contribution in [2.24, 2.45) is 20.5 Å². The average molecular weight is 945 g/mol. The van der Waals surface area contributed by atoms with Gasteiger partial charge >= 0.3 is 0 Å². The number of aryl methyl sites for hydroxylation is 4. The molecule has 5 aromatic carbocycles. The molecule has 0 aliphatic carbocycles. The second kappa shape index (κ2) is 22.9. The molecule has 18 heteroatoms. The first-order valence-corrected chi connectivity index (χ1v) is 21.4. The van der Waals surface area contributed by atoms with Gasteiger partial charge in [0.15, 0.2) is 11.6 Å². The third-order valence-electron chi connectivity index (χ3n) is 9.32. The van der Waals surface area contributed by atoms with Gasteiger partial charge in [0, 0.05) is 55.7 Å². The molecule has 4 amide bonds. The van der Waals surface area contributed by atoms with Gasteiger partial charge in [-0.05, 0) is 136 Å². The van der Waals surface area contributed by atoms with Gasteiger partial charge in [-0.15, -0.1) is 23.2 Å². The van der Waals surface area contributed by atoms with E-state index in [2.05, 4.69) is 41.7 Å². The predicted molar refractivity (Wildman–Crippen MR) is 252 cm³/mol. The fourth-order valence-corrected chi connectivity index (χ4v) is 7.18. The lowest BCUT2D eigenvalue weighted by molar-refractivity contribution is -0.127. The molecule has 0 aliphatic heterocycles. The van der Waals surface area contributed by atoms with Crippen LogP contribution in [-0.4, -0.2) is 59.0 Å². The van der Waals surface area contributed by atoms with E-state index in [-0.39, 0.29) is 38.2 Å². The smallest absolute Gasteiger partial charge is 0.258 e. The Kier molecular flexibility index (Phi) is 17.4. The number of nitrogens with one attached hydrogen (secondary N) is 4. The standard InChI is InChI=1S/C46H42Cl4N8O6/c1-25-15-37(53-45(63)41(27(3)59)57-55-38-21-31(19-33(49)23-38)43(61)51-35-9-5-7-29(17-35)11-13-47)16-26(2)40(25)54-46(64)42(28(4)60)58-56-39-22-32(20-34(50)24-39)44(62)52-36-10-6-8-30(18-36)12-14-48/h5-10,15-24,41-42H,11-14H2,1-4H3,(H,51,61)(H,52,62)(H,53,63)(H,54,64). The minimum atomic E-state index is -1.57. The summed E-state index contributed by atoms with van der Waals surface area (Å²) in [5.41, 5.74) is 5.23. The Bertz CT molecular complexity index is 2650. The molecule has 0 radical (unpaired) electrons. The lowest BCUT2D eigenvalue weighted by atomic mass is 10.1. The Hall–Kier alpha value is -6.32. The SMILES string of the molecule is CC(=O)C(N=Nc1cc(Cl)cc(C(=O)Nc2cccc(CCCl)c2)c1)C(=O)Nc1cc(C)c(NC(=O)C(N=Nc2cc(Cl)cc(C(=O)Nc3cccc(CCCl)c3)c2)C(C)=O)c(C)c1. The monoisotopic (exact) mass is 942 g/mol. The van der Waals surface area contributed by atoms with Gasteiger partial charge in [-0.1, -0.05) is 47.5 Å². The number of benzene rings is 5.